The molecule has 1 atom stereocenters. The van der Waals surface area contributed by atoms with E-state index in [1.54, 1.807) is 30.3 Å². The summed E-state index contributed by atoms with van der Waals surface area (Å²) in [4.78, 5) is 0.351. The molecule has 2 aromatic carbocycles. The maximum atomic E-state index is 13.6. The summed E-state index contributed by atoms with van der Waals surface area (Å²) in [7, 11) is -1.49. The van der Waals surface area contributed by atoms with Crippen molar-refractivity contribution < 1.29 is 8.60 Å². The fourth-order valence-corrected chi connectivity index (χ4v) is 3.75. The molecule has 0 aliphatic heterocycles. The van der Waals surface area contributed by atoms with Crippen LogP contribution < -0.4 is 5.73 Å². The predicted molar refractivity (Wildman–Crippen MR) is 80.1 cm³/mol. The minimum absolute atomic E-state index is 0.0270. The second kappa shape index (κ2) is 6.03. The Morgan fingerprint density at radius 3 is 2.74 bits per heavy atom. The zero-order chi connectivity index (χ0) is 14.0. The minimum atomic E-state index is -1.49. The summed E-state index contributed by atoms with van der Waals surface area (Å²) in [5.41, 5.74) is 6.47. The van der Waals surface area contributed by atoms with E-state index < -0.39 is 16.6 Å². The lowest BCUT2D eigenvalue weighted by atomic mass is 10.2. The van der Waals surface area contributed by atoms with Crippen LogP contribution in [0.25, 0.3) is 0 Å². The predicted octanol–water partition coefficient (Wildman–Crippen LogP) is 4.13. The summed E-state index contributed by atoms with van der Waals surface area (Å²) >= 11 is 9.24. The molecule has 100 valence electrons. The number of halogens is 3. The first kappa shape index (κ1) is 14.5. The molecule has 6 heteroatoms. The van der Waals surface area contributed by atoms with Gasteiger partial charge in [0.25, 0.3) is 0 Å². The van der Waals surface area contributed by atoms with Gasteiger partial charge in [-0.15, -0.1) is 0 Å². The number of nitrogen functional groups attached to an aromatic ring is 1. The summed E-state index contributed by atoms with van der Waals surface area (Å²) in [6.45, 7) is 0. The molecule has 2 rings (SSSR count). The molecule has 2 nitrogen and oxygen atoms in total. The van der Waals surface area contributed by atoms with Crippen molar-refractivity contribution in [1.82, 2.24) is 0 Å². The van der Waals surface area contributed by atoms with Crippen LogP contribution in [-0.4, -0.2) is 4.21 Å². The molecule has 1 unspecified atom stereocenters. The van der Waals surface area contributed by atoms with E-state index in [-0.39, 0.29) is 5.75 Å². The Morgan fingerprint density at radius 2 is 2.05 bits per heavy atom. The Bertz CT molecular complexity index is 630. The first-order valence-electron chi connectivity index (χ1n) is 5.35. The molecule has 0 spiro atoms. The zero-order valence-electron chi connectivity index (χ0n) is 9.70. The third kappa shape index (κ3) is 3.35. The average molecular weight is 363 g/mol. The summed E-state index contributed by atoms with van der Waals surface area (Å²) < 4.78 is 26.6. The number of rotatable bonds is 3. The molecule has 19 heavy (non-hydrogen) atoms. The highest BCUT2D eigenvalue weighted by Crippen LogP contribution is 2.28. The molecular weight excluding hydrogens is 353 g/mol. The Morgan fingerprint density at radius 1 is 1.32 bits per heavy atom. The maximum absolute atomic E-state index is 13.6. The molecule has 0 aliphatic carbocycles. The van der Waals surface area contributed by atoms with Gasteiger partial charge in [-0.1, -0.05) is 33.6 Å². The topological polar surface area (TPSA) is 43.1 Å². The third-order valence-corrected chi connectivity index (χ3v) is 4.92. The largest absolute Gasteiger partial charge is 0.398 e. The highest BCUT2D eigenvalue weighted by atomic mass is 79.9. The fourth-order valence-electron chi connectivity index (χ4n) is 1.63. The van der Waals surface area contributed by atoms with E-state index >= 15 is 0 Å². The van der Waals surface area contributed by atoms with Gasteiger partial charge in [-0.3, -0.25) is 4.21 Å². The quantitative estimate of drug-likeness (QED) is 0.834. The van der Waals surface area contributed by atoms with Crippen molar-refractivity contribution in [1.29, 1.82) is 0 Å². The lowest BCUT2D eigenvalue weighted by Crippen LogP contribution is -2.03. The summed E-state index contributed by atoms with van der Waals surface area (Å²) in [6.07, 6.45) is 0. The summed E-state index contributed by atoms with van der Waals surface area (Å²) in [5.74, 6) is -0.374. The number of hydrogen-bond donors (Lipinski definition) is 1. The van der Waals surface area contributed by atoms with Crippen molar-refractivity contribution in [2.45, 2.75) is 10.6 Å². The van der Waals surface area contributed by atoms with Gasteiger partial charge in [0.2, 0.25) is 0 Å². The molecule has 0 heterocycles. The molecule has 0 radical (unpaired) electrons. The Labute approximate surface area is 126 Å². The Balaban J connectivity index is 2.34. The summed E-state index contributed by atoms with van der Waals surface area (Å²) in [5, 5.41) is 0.328. The number of anilines is 1. The van der Waals surface area contributed by atoms with Crippen molar-refractivity contribution in [3.05, 3.63) is 57.3 Å². The van der Waals surface area contributed by atoms with Gasteiger partial charge in [0.1, 0.15) is 5.82 Å². The van der Waals surface area contributed by atoms with Gasteiger partial charge in [-0.25, -0.2) is 4.39 Å². The lowest BCUT2D eigenvalue weighted by molar-refractivity contribution is 0.615. The lowest BCUT2D eigenvalue weighted by Gasteiger charge is -2.09. The molecule has 0 aromatic heterocycles. The highest BCUT2D eigenvalue weighted by molar-refractivity contribution is 9.10. The third-order valence-electron chi connectivity index (χ3n) is 2.52. The first-order chi connectivity index (χ1) is 8.99. The van der Waals surface area contributed by atoms with E-state index in [9.17, 15) is 8.60 Å². The van der Waals surface area contributed by atoms with Gasteiger partial charge in [-0.2, -0.15) is 0 Å². The Hall–Kier alpha value is -0.910. The second-order valence-electron chi connectivity index (χ2n) is 3.88. The van der Waals surface area contributed by atoms with Gasteiger partial charge >= 0.3 is 0 Å². The van der Waals surface area contributed by atoms with Gasteiger partial charge < -0.3 is 5.73 Å². The monoisotopic (exact) mass is 361 g/mol. The van der Waals surface area contributed by atoms with Crippen LogP contribution in [0.4, 0.5) is 10.1 Å². The van der Waals surface area contributed by atoms with Crippen molar-refractivity contribution in [2.24, 2.45) is 0 Å². The molecule has 2 N–H and O–H groups in total. The van der Waals surface area contributed by atoms with E-state index in [0.29, 0.717) is 21.2 Å². The van der Waals surface area contributed by atoms with E-state index in [2.05, 4.69) is 15.9 Å². The van der Waals surface area contributed by atoms with Crippen LogP contribution in [0.2, 0.25) is 5.02 Å². The second-order valence-corrected chi connectivity index (χ2v) is 6.59. The Kier molecular flexibility index (Phi) is 4.60. The van der Waals surface area contributed by atoms with Crippen LogP contribution in [0.15, 0.2) is 45.8 Å². The molecule has 0 saturated heterocycles. The number of hydrogen-bond acceptors (Lipinski definition) is 2. The standard InChI is InChI=1S/C13H10BrClFNOS/c14-9-4-5-11(16)8(6-9)7-19(18)13-10(15)2-1-3-12(13)17/h1-6H,7,17H2. The minimum Gasteiger partial charge on any atom is -0.398 e. The average Bonchev–Trinajstić information content (AvgIpc) is 2.33. The molecule has 0 aliphatic rings. The van der Waals surface area contributed by atoms with Crippen LogP contribution in [0.5, 0.6) is 0 Å². The molecule has 0 saturated carbocycles. The molecule has 0 bridgehead atoms. The smallest absolute Gasteiger partial charge is 0.127 e. The van der Waals surface area contributed by atoms with Crippen LogP contribution >= 0.6 is 27.5 Å². The van der Waals surface area contributed by atoms with E-state index in [1.807, 2.05) is 0 Å². The fraction of sp³-hybridized carbons (Fsp3) is 0.0769. The SMILES string of the molecule is Nc1cccc(Cl)c1S(=O)Cc1cc(Br)ccc1F. The molecule has 0 amide bonds. The van der Waals surface area contributed by atoms with Gasteiger partial charge in [0.05, 0.1) is 26.5 Å². The normalized spacial score (nSPS) is 12.4. The van der Waals surface area contributed by atoms with Crippen molar-refractivity contribution in [3.8, 4) is 0 Å². The number of nitrogens with two attached hydrogens (primary N) is 1. The van der Waals surface area contributed by atoms with Crippen LogP contribution in [0.3, 0.4) is 0 Å². The van der Waals surface area contributed by atoms with Crippen LogP contribution in [0, 0.1) is 5.82 Å². The highest BCUT2D eigenvalue weighted by Gasteiger charge is 2.15. The maximum Gasteiger partial charge on any atom is 0.127 e. The summed E-state index contributed by atoms with van der Waals surface area (Å²) in [6, 6.07) is 9.43. The van der Waals surface area contributed by atoms with E-state index in [4.69, 9.17) is 17.3 Å². The van der Waals surface area contributed by atoms with Gasteiger partial charge in [0, 0.05) is 15.7 Å². The molecular formula is C13H10BrClFNOS. The molecule has 0 fully saturated rings. The zero-order valence-corrected chi connectivity index (χ0v) is 12.9. The number of benzene rings is 2. The van der Waals surface area contributed by atoms with Crippen LogP contribution in [-0.2, 0) is 16.6 Å². The molecule has 2 aromatic rings. The van der Waals surface area contributed by atoms with Gasteiger partial charge in [0.15, 0.2) is 0 Å². The first-order valence-corrected chi connectivity index (χ1v) is 7.84. The van der Waals surface area contributed by atoms with E-state index in [1.165, 1.54) is 6.07 Å². The van der Waals surface area contributed by atoms with Crippen molar-refractivity contribution >= 4 is 44.0 Å². The van der Waals surface area contributed by atoms with Crippen molar-refractivity contribution in [3.63, 3.8) is 0 Å². The van der Waals surface area contributed by atoms with Crippen LogP contribution in [0.1, 0.15) is 5.56 Å². The van der Waals surface area contributed by atoms with Gasteiger partial charge in [-0.05, 0) is 30.3 Å². The van der Waals surface area contributed by atoms with E-state index in [0.717, 1.165) is 4.47 Å². The van der Waals surface area contributed by atoms with Crippen molar-refractivity contribution in [2.75, 3.05) is 5.73 Å².